The Balaban J connectivity index is 3.45. The maximum atomic E-state index is 11.9. The highest BCUT2D eigenvalue weighted by atomic mass is 19.4. The van der Waals surface area contributed by atoms with E-state index < -0.39 is 11.7 Å². The fourth-order valence-electron chi connectivity index (χ4n) is 0.907. The summed E-state index contributed by atoms with van der Waals surface area (Å²) < 4.78 is 35.6. The minimum Gasteiger partial charge on any atom is -0.167 e. The maximum absolute atomic E-state index is 11.9. The molecular formula is C9H15F3. The molecule has 0 fully saturated rings. The van der Waals surface area contributed by atoms with Gasteiger partial charge in [-0.3, -0.25) is 0 Å². The van der Waals surface area contributed by atoms with Gasteiger partial charge in [-0.05, 0) is 12.8 Å². The lowest BCUT2D eigenvalue weighted by molar-refractivity contribution is -0.0937. The molecule has 0 bridgehead atoms. The number of hydrogen-bond donors (Lipinski definition) is 0. The van der Waals surface area contributed by atoms with E-state index in [1.807, 2.05) is 6.92 Å². The van der Waals surface area contributed by atoms with Crippen LogP contribution in [0.25, 0.3) is 0 Å². The van der Waals surface area contributed by atoms with Crippen LogP contribution in [0.2, 0.25) is 0 Å². The predicted octanol–water partition coefficient (Wildman–Crippen LogP) is 4.08. The summed E-state index contributed by atoms with van der Waals surface area (Å²) in [6.45, 7) is 5.02. The molecule has 0 aromatic heterocycles. The summed E-state index contributed by atoms with van der Waals surface area (Å²) >= 11 is 0. The van der Waals surface area contributed by atoms with Gasteiger partial charge < -0.3 is 0 Å². The van der Waals surface area contributed by atoms with Gasteiger partial charge in [-0.25, -0.2) is 0 Å². The molecule has 0 atom stereocenters. The Morgan fingerprint density at radius 3 is 2.17 bits per heavy atom. The van der Waals surface area contributed by atoms with E-state index in [-0.39, 0.29) is 6.42 Å². The Labute approximate surface area is 71.5 Å². The maximum Gasteiger partial charge on any atom is 0.412 e. The van der Waals surface area contributed by atoms with Crippen molar-refractivity contribution >= 4 is 0 Å². The molecule has 0 aromatic carbocycles. The lowest BCUT2D eigenvalue weighted by Gasteiger charge is -2.08. The van der Waals surface area contributed by atoms with Crippen molar-refractivity contribution in [3.63, 3.8) is 0 Å². The van der Waals surface area contributed by atoms with Crippen molar-refractivity contribution in [2.24, 2.45) is 0 Å². The third kappa shape index (κ3) is 5.22. The van der Waals surface area contributed by atoms with Gasteiger partial charge in [-0.1, -0.05) is 32.8 Å². The van der Waals surface area contributed by atoms with E-state index in [9.17, 15) is 13.2 Å². The van der Waals surface area contributed by atoms with E-state index >= 15 is 0 Å². The molecule has 0 aliphatic heterocycles. The summed E-state index contributed by atoms with van der Waals surface area (Å²) in [5.41, 5.74) is -0.599. The Bertz CT molecular complexity index is 135. The van der Waals surface area contributed by atoms with Crippen molar-refractivity contribution in [1.82, 2.24) is 0 Å². The molecule has 12 heavy (non-hydrogen) atoms. The zero-order valence-corrected chi connectivity index (χ0v) is 7.38. The van der Waals surface area contributed by atoms with Crippen LogP contribution >= 0.6 is 0 Å². The van der Waals surface area contributed by atoms with Crippen LogP contribution in [-0.2, 0) is 0 Å². The molecular weight excluding hydrogens is 165 g/mol. The quantitative estimate of drug-likeness (QED) is 0.442. The first-order valence-corrected chi connectivity index (χ1v) is 4.23. The largest absolute Gasteiger partial charge is 0.412 e. The smallest absolute Gasteiger partial charge is 0.167 e. The topological polar surface area (TPSA) is 0 Å². The highest BCUT2D eigenvalue weighted by molar-refractivity contribution is 5.01. The van der Waals surface area contributed by atoms with Gasteiger partial charge in [0.25, 0.3) is 0 Å². The van der Waals surface area contributed by atoms with Gasteiger partial charge >= 0.3 is 6.18 Å². The molecule has 0 aliphatic carbocycles. The Morgan fingerprint density at radius 1 is 1.17 bits per heavy atom. The summed E-state index contributed by atoms with van der Waals surface area (Å²) in [4.78, 5) is 0. The second kappa shape index (κ2) is 5.22. The van der Waals surface area contributed by atoms with Gasteiger partial charge in [0.1, 0.15) is 0 Å². The molecule has 0 amide bonds. The van der Waals surface area contributed by atoms with E-state index in [2.05, 4.69) is 6.58 Å². The molecule has 0 saturated carbocycles. The minimum atomic E-state index is -4.19. The number of halogens is 3. The molecule has 0 heterocycles. The van der Waals surface area contributed by atoms with Gasteiger partial charge in [0.15, 0.2) is 0 Å². The number of rotatable bonds is 5. The second-order valence-electron chi connectivity index (χ2n) is 2.91. The summed E-state index contributed by atoms with van der Waals surface area (Å²) in [6, 6.07) is 0. The van der Waals surface area contributed by atoms with E-state index in [0.717, 1.165) is 19.3 Å². The molecule has 0 spiro atoms. The molecule has 0 rings (SSSR count). The fraction of sp³-hybridized carbons (Fsp3) is 0.778. The van der Waals surface area contributed by atoms with Crippen molar-refractivity contribution in [2.75, 3.05) is 0 Å². The highest BCUT2D eigenvalue weighted by Gasteiger charge is 2.30. The molecule has 0 N–H and O–H groups in total. The van der Waals surface area contributed by atoms with Crippen molar-refractivity contribution in [1.29, 1.82) is 0 Å². The van der Waals surface area contributed by atoms with E-state index in [0.29, 0.717) is 6.42 Å². The summed E-state index contributed by atoms with van der Waals surface area (Å²) in [5, 5.41) is 0. The number of allylic oxidation sites excluding steroid dienone is 1. The second-order valence-corrected chi connectivity index (χ2v) is 2.91. The van der Waals surface area contributed by atoms with Gasteiger partial charge in [-0.15, -0.1) is 0 Å². The number of hydrogen-bond acceptors (Lipinski definition) is 0. The number of unbranched alkanes of at least 4 members (excludes halogenated alkanes) is 3. The first-order chi connectivity index (χ1) is 5.48. The Kier molecular flexibility index (Phi) is 5.02. The zero-order chi connectivity index (χ0) is 9.61. The van der Waals surface area contributed by atoms with Crippen LogP contribution < -0.4 is 0 Å². The van der Waals surface area contributed by atoms with Crippen LogP contribution in [0.5, 0.6) is 0 Å². The summed E-state index contributed by atoms with van der Waals surface area (Å²) in [5.74, 6) is 0. The van der Waals surface area contributed by atoms with Gasteiger partial charge in [0, 0.05) is 5.57 Å². The summed E-state index contributed by atoms with van der Waals surface area (Å²) in [7, 11) is 0. The average molecular weight is 180 g/mol. The molecule has 3 heteroatoms. The van der Waals surface area contributed by atoms with E-state index in [1.165, 1.54) is 0 Å². The highest BCUT2D eigenvalue weighted by Crippen LogP contribution is 2.27. The van der Waals surface area contributed by atoms with Crippen LogP contribution in [0.1, 0.15) is 39.0 Å². The van der Waals surface area contributed by atoms with Crippen LogP contribution in [0.4, 0.5) is 13.2 Å². The average Bonchev–Trinajstić information content (AvgIpc) is 1.96. The van der Waals surface area contributed by atoms with Crippen LogP contribution in [0.15, 0.2) is 12.2 Å². The molecule has 0 nitrogen and oxygen atoms in total. The molecule has 0 aliphatic rings. The summed E-state index contributed by atoms with van der Waals surface area (Å²) in [6.07, 6.45) is -0.586. The first-order valence-electron chi connectivity index (χ1n) is 4.23. The standard InChI is InChI=1S/C9H15F3/c1-3-4-5-6-7-8(2)9(10,11)12/h2-7H2,1H3. The molecule has 0 unspecified atom stereocenters. The van der Waals surface area contributed by atoms with Crippen molar-refractivity contribution in [3.8, 4) is 0 Å². The zero-order valence-electron chi connectivity index (χ0n) is 7.38. The normalized spacial score (nSPS) is 11.7. The fourth-order valence-corrected chi connectivity index (χ4v) is 0.907. The van der Waals surface area contributed by atoms with Crippen molar-refractivity contribution in [3.05, 3.63) is 12.2 Å². The van der Waals surface area contributed by atoms with Crippen molar-refractivity contribution in [2.45, 2.75) is 45.2 Å². The predicted molar refractivity (Wildman–Crippen MR) is 44.0 cm³/mol. The SMILES string of the molecule is C=C(CCCCCC)C(F)(F)F. The van der Waals surface area contributed by atoms with Gasteiger partial charge in [0.2, 0.25) is 0 Å². The van der Waals surface area contributed by atoms with Crippen LogP contribution in [-0.4, -0.2) is 6.18 Å². The molecule has 0 aromatic rings. The third-order valence-electron chi connectivity index (χ3n) is 1.73. The lowest BCUT2D eigenvalue weighted by atomic mass is 10.1. The minimum absolute atomic E-state index is 0.0868. The lowest BCUT2D eigenvalue weighted by Crippen LogP contribution is -2.10. The van der Waals surface area contributed by atoms with Gasteiger partial charge in [-0.2, -0.15) is 13.2 Å². The first kappa shape index (κ1) is 11.5. The third-order valence-corrected chi connectivity index (χ3v) is 1.73. The molecule has 0 saturated heterocycles. The monoisotopic (exact) mass is 180 g/mol. The molecule has 72 valence electrons. The Hall–Kier alpha value is -0.470. The van der Waals surface area contributed by atoms with E-state index in [4.69, 9.17) is 0 Å². The van der Waals surface area contributed by atoms with Crippen LogP contribution in [0.3, 0.4) is 0 Å². The number of alkyl halides is 3. The van der Waals surface area contributed by atoms with E-state index in [1.54, 1.807) is 0 Å². The van der Waals surface area contributed by atoms with Gasteiger partial charge in [0.05, 0.1) is 0 Å². The van der Waals surface area contributed by atoms with Crippen molar-refractivity contribution < 1.29 is 13.2 Å². The molecule has 0 radical (unpaired) electrons. The Morgan fingerprint density at radius 2 is 1.75 bits per heavy atom. The van der Waals surface area contributed by atoms with Crippen LogP contribution in [0, 0.1) is 0 Å².